The number of rotatable bonds is 4. The van der Waals surface area contributed by atoms with Gasteiger partial charge in [0.1, 0.15) is 6.10 Å². The van der Waals surface area contributed by atoms with E-state index in [2.05, 4.69) is 0 Å². The number of hydrogen-bond donors (Lipinski definition) is 1. The highest BCUT2D eigenvalue weighted by Crippen LogP contribution is 2.18. The van der Waals surface area contributed by atoms with Gasteiger partial charge >= 0.3 is 0 Å². The maximum Gasteiger partial charge on any atom is 0.191 e. The van der Waals surface area contributed by atoms with Crippen molar-refractivity contribution >= 4 is 5.78 Å². The van der Waals surface area contributed by atoms with Crippen LogP contribution in [0, 0.1) is 5.82 Å². The number of aliphatic hydroxyl groups is 1. The largest absolute Gasteiger partial charge is 0.494 e. The van der Waals surface area contributed by atoms with E-state index in [0.29, 0.717) is 6.42 Å². The number of carbonyl (C=O) groups is 1. The van der Waals surface area contributed by atoms with E-state index >= 15 is 0 Å². The zero-order valence-electron chi connectivity index (χ0n) is 8.66. The highest BCUT2D eigenvalue weighted by atomic mass is 19.1. The van der Waals surface area contributed by atoms with Gasteiger partial charge < -0.3 is 9.84 Å². The molecule has 0 bridgehead atoms. The van der Waals surface area contributed by atoms with Crippen molar-refractivity contribution in [3.8, 4) is 5.75 Å². The highest BCUT2D eigenvalue weighted by Gasteiger charge is 2.16. The van der Waals surface area contributed by atoms with E-state index in [0.717, 1.165) is 6.07 Å². The highest BCUT2D eigenvalue weighted by molar-refractivity contribution is 5.99. The van der Waals surface area contributed by atoms with Crippen LogP contribution < -0.4 is 4.74 Å². The fourth-order valence-corrected chi connectivity index (χ4v) is 1.20. The Morgan fingerprint density at radius 1 is 1.60 bits per heavy atom. The number of Topliss-reactive ketones (excluding diaryl/α,β-unsaturated/α-hetero) is 1. The zero-order chi connectivity index (χ0) is 11.4. The van der Waals surface area contributed by atoms with Crippen LogP contribution in [0.15, 0.2) is 18.2 Å². The second kappa shape index (κ2) is 4.89. The van der Waals surface area contributed by atoms with E-state index in [9.17, 15) is 14.3 Å². The van der Waals surface area contributed by atoms with Gasteiger partial charge in [-0.05, 0) is 24.6 Å². The maximum absolute atomic E-state index is 13.2. The predicted molar refractivity (Wildman–Crippen MR) is 53.6 cm³/mol. The third-order valence-electron chi connectivity index (χ3n) is 2.13. The molecule has 0 aliphatic rings. The Bertz CT molecular complexity index is 363. The van der Waals surface area contributed by atoms with E-state index in [-0.39, 0.29) is 11.3 Å². The third-order valence-corrected chi connectivity index (χ3v) is 2.13. The Morgan fingerprint density at radius 3 is 2.73 bits per heavy atom. The first-order chi connectivity index (χ1) is 7.10. The van der Waals surface area contributed by atoms with Crippen molar-refractivity contribution in [3.63, 3.8) is 0 Å². The summed E-state index contributed by atoms with van der Waals surface area (Å²) < 4.78 is 17.9. The standard InChI is InChI=1S/C11H13FO3/c1-3-9(13)11(14)7-4-5-10(15-2)8(12)6-7/h4-6,9,13H,3H2,1-2H3. The number of halogens is 1. The molecule has 0 aromatic heterocycles. The Balaban J connectivity index is 2.97. The average Bonchev–Trinajstić information content (AvgIpc) is 2.26. The van der Waals surface area contributed by atoms with E-state index in [1.54, 1.807) is 6.92 Å². The summed E-state index contributed by atoms with van der Waals surface area (Å²) in [5.41, 5.74) is 0.155. The van der Waals surface area contributed by atoms with Crippen LogP contribution in [-0.2, 0) is 0 Å². The summed E-state index contributed by atoms with van der Waals surface area (Å²) in [7, 11) is 1.35. The Hall–Kier alpha value is -1.42. The maximum atomic E-state index is 13.2. The van der Waals surface area contributed by atoms with Crippen molar-refractivity contribution in [3.05, 3.63) is 29.6 Å². The Kier molecular flexibility index (Phi) is 3.80. The average molecular weight is 212 g/mol. The molecule has 1 unspecified atom stereocenters. The third kappa shape index (κ3) is 2.53. The number of aliphatic hydroxyl groups excluding tert-OH is 1. The summed E-state index contributed by atoms with van der Waals surface area (Å²) in [4.78, 5) is 11.5. The minimum Gasteiger partial charge on any atom is -0.494 e. The fourth-order valence-electron chi connectivity index (χ4n) is 1.20. The summed E-state index contributed by atoms with van der Waals surface area (Å²) in [5.74, 6) is -0.997. The van der Waals surface area contributed by atoms with Gasteiger partial charge in [0.15, 0.2) is 17.3 Å². The van der Waals surface area contributed by atoms with Gasteiger partial charge in [0.25, 0.3) is 0 Å². The van der Waals surface area contributed by atoms with Gasteiger partial charge in [-0.2, -0.15) is 0 Å². The van der Waals surface area contributed by atoms with Crippen LogP contribution in [0.25, 0.3) is 0 Å². The molecule has 82 valence electrons. The van der Waals surface area contributed by atoms with Gasteiger partial charge in [-0.25, -0.2) is 4.39 Å². The smallest absolute Gasteiger partial charge is 0.191 e. The molecule has 0 heterocycles. The van der Waals surface area contributed by atoms with E-state index in [1.807, 2.05) is 0 Å². The molecule has 0 amide bonds. The van der Waals surface area contributed by atoms with Crippen LogP contribution in [0.2, 0.25) is 0 Å². The van der Waals surface area contributed by atoms with Crippen molar-refractivity contribution < 1.29 is 19.0 Å². The monoisotopic (exact) mass is 212 g/mol. The molecule has 1 rings (SSSR count). The van der Waals surface area contributed by atoms with Crippen molar-refractivity contribution in [2.75, 3.05) is 7.11 Å². The molecule has 0 spiro atoms. The van der Waals surface area contributed by atoms with Gasteiger partial charge in [-0.3, -0.25) is 4.79 Å². The molecule has 0 fully saturated rings. The molecule has 4 heteroatoms. The Morgan fingerprint density at radius 2 is 2.27 bits per heavy atom. The summed E-state index contributed by atoms with van der Waals surface area (Å²) in [6.45, 7) is 1.68. The van der Waals surface area contributed by atoms with Crippen molar-refractivity contribution in [1.82, 2.24) is 0 Å². The lowest BCUT2D eigenvalue weighted by atomic mass is 10.0. The second-order valence-electron chi connectivity index (χ2n) is 3.14. The molecule has 1 aromatic carbocycles. The lowest BCUT2D eigenvalue weighted by Gasteiger charge is -2.08. The van der Waals surface area contributed by atoms with Crippen molar-refractivity contribution in [1.29, 1.82) is 0 Å². The second-order valence-corrected chi connectivity index (χ2v) is 3.14. The molecule has 0 radical (unpaired) electrons. The number of ether oxygens (including phenoxy) is 1. The van der Waals surface area contributed by atoms with Crippen molar-refractivity contribution in [2.45, 2.75) is 19.4 Å². The molecule has 1 aromatic rings. The zero-order valence-corrected chi connectivity index (χ0v) is 8.66. The molecule has 0 saturated heterocycles. The van der Waals surface area contributed by atoms with Gasteiger partial charge in [-0.15, -0.1) is 0 Å². The number of methoxy groups -OCH3 is 1. The minimum atomic E-state index is -1.07. The van der Waals surface area contributed by atoms with Crippen LogP contribution in [0.1, 0.15) is 23.7 Å². The first-order valence-electron chi connectivity index (χ1n) is 4.66. The summed E-state index contributed by atoms with van der Waals surface area (Å²) in [6, 6.07) is 3.87. The number of hydrogen-bond acceptors (Lipinski definition) is 3. The lowest BCUT2D eigenvalue weighted by molar-refractivity contribution is 0.0740. The first kappa shape index (κ1) is 11.7. The van der Waals surface area contributed by atoms with Crippen molar-refractivity contribution in [2.24, 2.45) is 0 Å². The molecular formula is C11H13FO3. The van der Waals surface area contributed by atoms with Crippen LogP contribution in [0.3, 0.4) is 0 Å². The molecule has 0 aliphatic heterocycles. The summed E-state index contributed by atoms with van der Waals surface area (Å²) >= 11 is 0. The van der Waals surface area contributed by atoms with Gasteiger partial charge in [-0.1, -0.05) is 6.92 Å². The molecule has 0 saturated carbocycles. The van der Waals surface area contributed by atoms with Crippen LogP contribution >= 0.6 is 0 Å². The number of benzene rings is 1. The molecule has 1 atom stereocenters. The van der Waals surface area contributed by atoms with Crippen LogP contribution in [0.5, 0.6) is 5.75 Å². The van der Waals surface area contributed by atoms with Crippen LogP contribution in [-0.4, -0.2) is 24.1 Å². The summed E-state index contributed by atoms with van der Waals surface area (Å²) in [5, 5.41) is 9.29. The summed E-state index contributed by atoms with van der Waals surface area (Å²) in [6.07, 6.45) is -0.760. The molecular weight excluding hydrogens is 199 g/mol. The normalized spacial score (nSPS) is 12.3. The van der Waals surface area contributed by atoms with Crippen LogP contribution in [0.4, 0.5) is 4.39 Å². The van der Waals surface area contributed by atoms with E-state index in [4.69, 9.17) is 4.74 Å². The van der Waals surface area contributed by atoms with Gasteiger partial charge in [0.05, 0.1) is 7.11 Å². The first-order valence-corrected chi connectivity index (χ1v) is 4.66. The van der Waals surface area contributed by atoms with E-state index in [1.165, 1.54) is 19.2 Å². The number of ketones is 1. The van der Waals surface area contributed by atoms with E-state index < -0.39 is 17.7 Å². The fraction of sp³-hybridized carbons (Fsp3) is 0.364. The lowest BCUT2D eigenvalue weighted by Crippen LogP contribution is -2.19. The minimum absolute atomic E-state index is 0.0811. The van der Waals surface area contributed by atoms with Gasteiger partial charge in [0.2, 0.25) is 0 Å². The Labute approximate surface area is 87.5 Å². The molecule has 15 heavy (non-hydrogen) atoms. The molecule has 3 nitrogen and oxygen atoms in total. The predicted octanol–water partition coefficient (Wildman–Crippen LogP) is 1.79. The molecule has 1 N–H and O–H groups in total. The SMILES string of the molecule is CCC(O)C(=O)c1ccc(OC)c(F)c1. The van der Waals surface area contributed by atoms with Gasteiger partial charge in [0, 0.05) is 5.56 Å². The number of carbonyl (C=O) groups excluding carboxylic acids is 1. The quantitative estimate of drug-likeness (QED) is 0.774. The molecule has 0 aliphatic carbocycles. The topological polar surface area (TPSA) is 46.5 Å².